The van der Waals surface area contributed by atoms with Crippen molar-refractivity contribution in [3.63, 3.8) is 0 Å². The zero-order valence-corrected chi connectivity index (χ0v) is 16.0. The van der Waals surface area contributed by atoms with Crippen molar-refractivity contribution in [2.45, 2.75) is 45.1 Å². The molecule has 2 aromatic heterocycles. The van der Waals surface area contributed by atoms with E-state index in [9.17, 15) is 9.59 Å². The van der Waals surface area contributed by atoms with Crippen molar-refractivity contribution < 1.29 is 9.59 Å². The van der Waals surface area contributed by atoms with Gasteiger partial charge in [-0.05, 0) is 49.4 Å². The summed E-state index contributed by atoms with van der Waals surface area (Å²) in [6.07, 6.45) is 5.42. The molecule has 0 aliphatic heterocycles. The first-order valence-corrected chi connectivity index (χ1v) is 9.80. The second-order valence-electron chi connectivity index (χ2n) is 7.49. The van der Waals surface area contributed by atoms with Crippen LogP contribution in [0.2, 0.25) is 0 Å². The summed E-state index contributed by atoms with van der Waals surface area (Å²) >= 11 is 0. The second kappa shape index (κ2) is 7.92. The first-order valence-electron chi connectivity index (χ1n) is 9.80. The molecule has 1 aliphatic rings. The lowest BCUT2D eigenvalue weighted by molar-refractivity contribution is -0.122. The number of benzene rings is 1. The van der Waals surface area contributed by atoms with E-state index in [1.165, 1.54) is 0 Å². The Morgan fingerprint density at radius 1 is 1.21 bits per heavy atom. The number of fused-ring (bicyclic) bond motifs is 1. The minimum Gasteiger partial charge on any atom is -0.348 e. The lowest BCUT2D eigenvalue weighted by Gasteiger charge is -2.14. The number of carbonyl (C=O) groups is 2. The van der Waals surface area contributed by atoms with Gasteiger partial charge in [0.25, 0.3) is 0 Å². The van der Waals surface area contributed by atoms with Gasteiger partial charge < -0.3 is 5.32 Å². The van der Waals surface area contributed by atoms with Gasteiger partial charge in [-0.15, -0.1) is 10.2 Å². The normalized spacial score (nSPS) is 17.8. The molecule has 3 aromatic rings. The molecule has 6 heteroatoms. The van der Waals surface area contributed by atoms with E-state index >= 15 is 0 Å². The minimum atomic E-state index is -0.263. The summed E-state index contributed by atoms with van der Waals surface area (Å²) in [4.78, 5) is 24.4. The molecule has 144 valence electrons. The third kappa shape index (κ3) is 3.81. The molecular weight excluding hydrogens is 352 g/mol. The van der Waals surface area contributed by atoms with E-state index in [2.05, 4.69) is 15.5 Å². The lowest BCUT2D eigenvalue weighted by Crippen LogP contribution is -2.28. The quantitative estimate of drug-likeness (QED) is 0.717. The molecule has 2 atom stereocenters. The molecule has 0 bridgehead atoms. The molecule has 0 unspecified atom stereocenters. The van der Waals surface area contributed by atoms with Crippen LogP contribution in [0.25, 0.3) is 5.65 Å². The summed E-state index contributed by atoms with van der Waals surface area (Å²) in [6, 6.07) is 13.7. The molecule has 1 N–H and O–H groups in total. The molecule has 0 spiro atoms. The number of nitrogens with zero attached hydrogens (tertiary/aromatic N) is 3. The van der Waals surface area contributed by atoms with Crippen LogP contribution in [-0.4, -0.2) is 26.3 Å². The highest BCUT2D eigenvalue weighted by Crippen LogP contribution is 2.26. The maximum absolute atomic E-state index is 12.6. The van der Waals surface area contributed by atoms with Gasteiger partial charge in [-0.3, -0.25) is 14.0 Å². The molecule has 1 aromatic carbocycles. The molecule has 1 fully saturated rings. The van der Waals surface area contributed by atoms with Crippen molar-refractivity contribution >= 4 is 17.3 Å². The van der Waals surface area contributed by atoms with Crippen molar-refractivity contribution in [3.05, 3.63) is 65.6 Å². The van der Waals surface area contributed by atoms with Crippen LogP contribution in [0.5, 0.6) is 0 Å². The van der Waals surface area contributed by atoms with Gasteiger partial charge in [0.05, 0.1) is 12.5 Å². The summed E-state index contributed by atoms with van der Waals surface area (Å²) in [5.41, 5.74) is 2.88. The van der Waals surface area contributed by atoms with Crippen LogP contribution in [0.4, 0.5) is 0 Å². The Bertz CT molecular complexity index is 993. The molecule has 1 saturated carbocycles. The third-order valence-electron chi connectivity index (χ3n) is 5.59. The molecule has 1 amide bonds. The van der Waals surface area contributed by atoms with Crippen molar-refractivity contribution in [1.82, 2.24) is 19.9 Å². The summed E-state index contributed by atoms with van der Waals surface area (Å²) < 4.78 is 1.87. The fraction of sp³-hybridized carbons (Fsp3) is 0.364. The van der Waals surface area contributed by atoms with Crippen molar-refractivity contribution in [2.24, 2.45) is 5.92 Å². The lowest BCUT2D eigenvalue weighted by atomic mass is 9.94. The average Bonchev–Trinajstić information content (AvgIpc) is 3.32. The Morgan fingerprint density at radius 2 is 2.04 bits per heavy atom. The Balaban J connectivity index is 1.36. The zero-order chi connectivity index (χ0) is 19.5. The number of pyridine rings is 1. The highest BCUT2D eigenvalue weighted by molar-refractivity contribution is 5.83. The van der Waals surface area contributed by atoms with Gasteiger partial charge in [-0.25, -0.2) is 0 Å². The number of rotatable bonds is 6. The van der Waals surface area contributed by atoms with Crippen molar-refractivity contribution in [3.8, 4) is 0 Å². The number of carbonyl (C=O) groups excluding carboxylic acids is 2. The number of aromatic nitrogens is 3. The zero-order valence-electron chi connectivity index (χ0n) is 16.0. The SMILES string of the molecule is C[C@H](C(=O)NCc1nnc2ccccn12)c1ccc(C[C@@H]2CCCC2=O)cc1. The Labute approximate surface area is 164 Å². The van der Waals surface area contributed by atoms with E-state index in [-0.39, 0.29) is 17.7 Å². The van der Waals surface area contributed by atoms with Gasteiger partial charge in [0.15, 0.2) is 11.5 Å². The number of nitrogens with one attached hydrogen (secondary N) is 1. The first-order chi connectivity index (χ1) is 13.6. The smallest absolute Gasteiger partial charge is 0.227 e. The predicted molar refractivity (Wildman–Crippen MR) is 106 cm³/mol. The molecule has 1 aliphatic carbocycles. The fourth-order valence-corrected chi connectivity index (χ4v) is 3.81. The van der Waals surface area contributed by atoms with Gasteiger partial charge in [0.2, 0.25) is 5.91 Å². The van der Waals surface area contributed by atoms with Crippen LogP contribution in [0, 0.1) is 5.92 Å². The Morgan fingerprint density at radius 3 is 2.79 bits per heavy atom. The van der Waals surface area contributed by atoms with Crippen LogP contribution >= 0.6 is 0 Å². The monoisotopic (exact) mass is 376 g/mol. The Kier molecular flexibility index (Phi) is 5.19. The van der Waals surface area contributed by atoms with Crippen molar-refractivity contribution in [2.75, 3.05) is 0 Å². The average molecular weight is 376 g/mol. The topological polar surface area (TPSA) is 76.4 Å². The Hall–Kier alpha value is -3.02. The number of hydrogen-bond donors (Lipinski definition) is 1. The third-order valence-corrected chi connectivity index (χ3v) is 5.59. The number of hydrogen-bond acceptors (Lipinski definition) is 4. The van der Waals surface area contributed by atoms with Gasteiger partial charge >= 0.3 is 0 Å². The largest absolute Gasteiger partial charge is 0.348 e. The van der Waals surface area contributed by atoms with Crippen LogP contribution in [0.15, 0.2) is 48.7 Å². The number of amides is 1. The molecular formula is C22H24N4O2. The molecule has 6 nitrogen and oxygen atoms in total. The fourth-order valence-electron chi connectivity index (χ4n) is 3.81. The number of ketones is 1. The predicted octanol–water partition coefficient (Wildman–Crippen LogP) is 3.06. The summed E-state index contributed by atoms with van der Waals surface area (Å²) in [7, 11) is 0. The van der Waals surface area contributed by atoms with Gasteiger partial charge in [0, 0.05) is 18.5 Å². The maximum Gasteiger partial charge on any atom is 0.227 e. The number of Topliss-reactive ketones (excluding diaryl/α,β-unsaturated/α-hetero) is 1. The van der Waals surface area contributed by atoms with Gasteiger partial charge in [-0.1, -0.05) is 30.3 Å². The molecule has 4 rings (SSSR count). The molecule has 2 heterocycles. The summed E-state index contributed by atoms with van der Waals surface area (Å²) in [5, 5.41) is 11.2. The summed E-state index contributed by atoms with van der Waals surface area (Å²) in [6.45, 7) is 2.23. The maximum atomic E-state index is 12.6. The van der Waals surface area contributed by atoms with E-state index in [1.807, 2.05) is 60.0 Å². The minimum absolute atomic E-state index is 0.0496. The van der Waals surface area contributed by atoms with Crippen LogP contribution < -0.4 is 5.32 Å². The highest BCUT2D eigenvalue weighted by atomic mass is 16.2. The second-order valence-corrected chi connectivity index (χ2v) is 7.49. The van der Waals surface area contributed by atoms with Crippen molar-refractivity contribution in [1.29, 1.82) is 0 Å². The van der Waals surface area contributed by atoms with Crippen LogP contribution in [-0.2, 0) is 22.6 Å². The standard InChI is InChI=1S/C22H24N4O2/c1-15(17-10-8-16(9-11-17)13-18-5-4-6-19(18)27)22(28)23-14-21-25-24-20-7-2-3-12-26(20)21/h2-3,7-12,15,18H,4-6,13-14H2,1H3,(H,23,28)/t15-,18-/m0/s1. The van der Waals surface area contributed by atoms with Gasteiger partial charge in [0.1, 0.15) is 5.78 Å². The van der Waals surface area contributed by atoms with Crippen LogP contribution in [0.3, 0.4) is 0 Å². The first kappa shape index (κ1) is 18.3. The van der Waals surface area contributed by atoms with E-state index in [4.69, 9.17) is 0 Å². The van der Waals surface area contributed by atoms with Crippen LogP contribution in [0.1, 0.15) is 49.1 Å². The molecule has 0 radical (unpaired) electrons. The van der Waals surface area contributed by atoms with E-state index in [0.29, 0.717) is 18.2 Å². The van der Waals surface area contributed by atoms with E-state index < -0.39 is 0 Å². The molecule has 0 saturated heterocycles. The highest BCUT2D eigenvalue weighted by Gasteiger charge is 2.24. The van der Waals surface area contributed by atoms with Gasteiger partial charge in [-0.2, -0.15) is 0 Å². The molecule has 28 heavy (non-hydrogen) atoms. The van der Waals surface area contributed by atoms with E-state index in [0.717, 1.165) is 42.5 Å². The van der Waals surface area contributed by atoms with E-state index in [1.54, 1.807) is 0 Å². The summed E-state index contributed by atoms with van der Waals surface area (Å²) in [5.74, 6) is 0.947.